The van der Waals surface area contributed by atoms with E-state index in [0.29, 0.717) is 9.10 Å². The molecule has 0 saturated heterocycles. The number of aromatic amines is 1. The van der Waals surface area contributed by atoms with Gasteiger partial charge >= 0.3 is 0 Å². The first-order valence-corrected chi connectivity index (χ1v) is 7.40. The van der Waals surface area contributed by atoms with E-state index in [9.17, 15) is 8.42 Å². The number of benzene rings is 1. The van der Waals surface area contributed by atoms with Gasteiger partial charge in [0.05, 0.1) is 4.90 Å². The Hall–Kier alpha value is -1.59. The van der Waals surface area contributed by atoms with Gasteiger partial charge in [0.1, 0.15) is 4.21 Å². The third-order valence-electron chi connectivity index (χ3n) is 2.60. The second-order valence-electron chi connectivity index (χ2n) is 3.63. The lowest BCUT2D eigenvalue weighted by atomic mass is 10.2. The molecule has 0 saturated carbocycles. The predicted octanol–water partition coefficient (Wildman–Crippen LogP) is 3.06. The number of thiophene rings is 1. The molecule has 1 N–H and O–H groups in total. The zero-order valence-electron chi connectivity index (χ0n) is 8.75. The van der Waals surface area contributed by atoms with Gasteiger partial charge in [0.25, 0.3) is 0 Å². The molecule has 0 aliphatic heterocycles. The monoisotopic (exact) mass is 263 g/mol. The molecular weight excluding hydrogens is 254 g/mol. The van der Waals surface area contributed by atoms with Gasteiger partial charge in [0.2, 0.25) is 9.84 Å². The zero-order chi connectivity index (χ0) is 11.9. The molecule has 0 unspecified atom stereocenters. The van der Waals surface area contributed by atoms with E-state index >= 15 is 0 Å². The lowest BCUT2D eigenvalue weighted by molar-refractivity contribution is 0.599. The van der Waals surface area contributed by atoms with Crippen molar-refractivity contribution in [2.45, 2.75) is 9.10 Å². The molecule has 0 bridgehead atoms. The van der Waals surface area contributed by atoms with Gasteiger partial charge in [-0.3, -0.25) is 0 Å². The van der Waals surface area contributed by atoms with Crippen LogP contribution in [-0.4, -0.2) is 13.4 Å². The number of hydrogen-bond acceptors (Lipinski definition) is 3. The van der Waals surface area contributed by atoms with E-state index in [1.165, 1.54) is 11.3 Å². The quantitative estimate of drug-likeness (QED) is 0.772. The topological polar surface area (TPSA) is 49.9 Å². The summed E-state index contributed by atoms with van der Waals surface area (Å²) in [6.45, 7) is 0. The molecule has 0 aliphatic rings. The average Bonchev–Trinajstić information content (AvgIpc) is 2.99. The van der Waals surface area contributed by atoms with Crippen LogP contribution in [0.3, 0.4) is 0 Å². The number of sulfone groups is 1. The van der Waals surface area contributed by atoms with Gasteiger partial charge < -0.3 is 4.98 Å². The summed E-state index contributed by atoms with van der Waals surface area (Å²) in [5, 5.41) is 2.50. The first kappa shape index (κ1) is 10.6. The van der Waals surface area contributed by atoms with Crippen molar-refractivity contribution >= 4 is 32.1 Å². The molecule has 0 amide bonds. The van der Waals surface area contributed by atoms with Crippen LogP contribution >= 0.6 is 11.3 Å². The first-order valence-electron chi connectivity index (χ1n) is 5.04. The fourth-order valence-corrected chi connectivity index (χ4v) is 4.34. The van der Waals surface area contributed by atoms with Crippen LogP contribution in [-0.2, 0) is 9.84 Å². The van der Waals surface area contributed by atoms with Gasteiger partial charge in [-0.1, -0.05) is 24.3 Å². The van der Waals surface area contributed by atoms with Crippen molar-refractivity contribution in [2.75, 3.05) is 0 Å². The highest BCUT2D eigenvalue weighted by Gasteiger charge is 2.22. The molecule has 2 heterocycles. The Kier molecular flexibility index (Phi) is 2.31. The van der Waals surface area contributed by atoms with Crippen LogP contribution in [0.5, 0.6) is 0 Å². The minimum Gasteiger partial charge on any atom is -0.360 e. The van der Waals surface area contributed by atoms with Gasteiger partial charge in [-0.05, 0) is 17.5 Å². The number of para-hydroxylation sites is 1. The number of H-pyrrole nitrogens is 1. The van der Waals surface area contributed by atoms with Crippen LogP contribution in [0.25, 0.3) is 10.9 Å². The third-order valence-corrected chi connectivity index (χ3v) is 5.79. The Bertz CT molecular complexity index is 755. The molecule has 86 valence electrons. The largest absolute Gasteiger partial charge is 0.360 e. The lowest BCUT2D eigenvalue weighted by Gasteiger charge is -1.99. The molecule has 3 aromatic rings. The van der Waals surface area contributed by atoms with Gasteiger partial charge in [-0.15, -0.1) is 11.3 Å². The molecule has 0 fully saturated rings. The molecule has 0 radical (unpaired) electrons. The van der Waals surface area contributed by atoms with E-state index < -0.39 is 9.84 Å². The van der Waals surface area contributed by atoms with Crippen LogP contribution in [0.1, 0.15) is 0 Å². The SMILES string of the molecule is O=S(=O)(c1cccs1)c1c[nH]c2ccccc12. The highest BCUT2D eigenvalue weighted by molar-refractivity contribution is 7.93. The first-order chi connectivity index (χ1) is 8.19. The number of rotatable bonds is 2. The van der Waals surface area contributed by atoms with Crippen molar-refractivity contribution in [3.05, 3.63) is 48.0 Å². The number of fused-ring (bicyclic) bond motifs is 1. The second-order valence-corrected chi connectivity index (χ2v) is 6.73. The molecule has 3 rings (SSSR count). The maximum Gasteiger partial charge on any atom is 0.218 e. The standard InChI is InChI=1S/C12H9NO2S2/c14-17(15,12-6-3-7-16-12)11-8-13-10-5-2-1-4-9(10)11/h1-8,13H. The molecular formula is C12H9NO2S2. The molecule has 3 nitrogen and oxygen atoms in total. The highest BCUT2D eigenvalue weighted by atomic mass is 32.2. The Morgan fingerprint density at radius 1 is 1.06 bits per heavy atom. The Morgan fingerprint density at radius 3 is 2.65 bits per heavy atom. The molecule has 2 aromatic heterocycles. The third kappa shape index (κ3) is 1.59. The van der Waals surface area contributed by atoms with E-state index in [-0.39, 0.29) is 0 Å². The maximum atomic E-state index is 12.4. The van der Waals surface area contributed by atoms with Crippen molar-refractivity contribution in [3.8, 4) is 0 Å². The fraction of sp³-hybridized carbons (Fsp3) is 0. The molecule has 0 spiro atoms. The average molecular weight is 263 g/mol. The van der Waals surface area contributed by atoms with E-state index in [0.717, 1.165) is 10.9 Å². The minimum absolute atomic E-state index is 0.343. The number of hydrogen-bond donors (Lipinski definition) is 1. The van der Waals surface area contributed by atoms with Crippen LogP contribution in [0, 0.1) is 0 Å². The van der Waals surface area contributed by atoms with Gasteiger partial charge in [-0.2, -0.15) is 0 Å². The Morgan fingerprint density at radius 2 is 1.88 bits per heavy atom. The normalized spacial score (nSPS) is 12.0. The summed E-state index contributed by atoms with van der Waals surface area (Å²) in [4.78, 5) is 3.32. The smallest absolute Gasteiger partial charge is 0.218 e. The second kappa shape index (κ2) is 3.72. The lowest BCUT2D eigenvalue weighted by Crippen LogP contribution is -1.98. The van der Waals surface area contributed by atoms with Gasteiger partial charge in [0, 0.05) is 17.1 Å². The number of nitrogens with one attached hydrogen (secondary N) is 1. The summed E-state index contributed by atoms with van der Waals surface area (Å²) < 4.78 is 25.1. The van der Waals surface area contributed by atoms with Crippen LogP contribution < -0.4 is 0 Å². The molecule has 17 heavy (non-hydrogen) atoms. The number of aromatic nitrogens is 1. The van der Waals surface area contributed by atoms with Crippen LogP contribution in [0.4, 0.5) is 0 Å². The summed E-state index contributed by atoms with van der Waals surface area (Å²) in [5.41, 5.74) is 0.836. The van der Waals surface area contributed by atoms with Crippen molar-refractivity contribution < 1.29 is 8.42 Å². The minimum atomic E-state index is -3.39. The van der Waals surface area contributed by atoms with Crippen molar-refractivity contribution in [1.29, 1.82) is 0 Å². The summed E-state index contributed by atoms with van der Waals surface area (Å²) >= 11 is 1.23. The molecule has 0 atom stereocenters. The van der Waals surface area contributed by atoms with Crippen LogP contribution in [0.15, 0.2) is 57.1 Å². The summed E-state index contributed by atoms with van der Waals surface area (Å²) in [7, 11) is -3.39. The summed E-state index contributed by atoms with van der Waals surface area (Å²) in [6, 6.07) is 10.8. The van der Waals surface area contributed by atoms with E-state index in [2.05, 4.69) is 4.98 Å². The van der Waals surface area contributed by atoms with Crippen molar-refractivity contribution in [1.82, 2.24) is 4.98 Å². The predicted molar refractivity (Wildman–Crippen MR) is 68.1 cm³/mol. The van der Waals surface area contributed by atoms with E-state index in [1.54, 1.807) is 23.7 Å². The van der Waals surface area contributed by atoms with E-state index in [1.807, 2.05) is 24.3 Å². The fourth-order valence-electron chi connectivity index (χ4n) is 1.79. The molecule has 1 aromatic carbocycles. The van der Waals surface area contributed by atoms with Gasteiger partial charge in [0.15, 0.2) is 0 Å². The van der Waals surface area contributed by atoms with E-state index in [4.69, 9.17) is 0 Å². The maximum absolute atomic E-state index is 12.4. The highest BCUT2D eigenvalue weighted by Crippen LogP contribution is 2.30. The van der Waals surface area contributed by atoms with Gasteiger partial charge in [-0.25, -0.2) is 8.42 Å². The molecule has 5 heteroatoms. The molecule has 0 aliphatic carbocycles. The summed E-state index contributed by atoms with van der Waals surface area (Å²) in [6.07, 6.45) is 1.56. The Labute approximate surface area is 103 Å². The zero-order valence-corrected chi connectivity index (χ0v) is 10.4. The Balaban J connectivity index is 2.30. The van der Waals surface area contributed by atoms with Crippen molar-refractivity contribution in [3.63, 3.8) is 0 Å². The van der Waals surface area contributed by atoms with Crippen LogP contribution in [0.2, 0.25) is 0 Å². The summed E-state index contributed by atoms with van der Waals surface area (Å²) in [5.74, 6) is 0. The van der Waals surface area contributed by atoms with Crippen molar-refractivity contribution in [2.24, 2.45) is 0 Å².